The lowest BCUT2D eigenvalue weighted by Gasteiger charge is -2.30. The molecule has 2 atom stereocenters. The van der Waals surface area contributed by atoms with E-state index in [1.54, 1.807) is 12.1 Å². The summed E-state index contributed by atoms with van der Waals surface area (Å²) in [6.07, 6.45) is 4.08. The van der Waals surface area contributed by atoms with Crippen LogP contribution in [0.5, 0.6) is 0 Å². The fraction of sp³-hybridized carbons (Fsp3) is 0.462. The zero-order valence-electron chi connectivity index (χ0n) is 10.2. The maximum atomic E-state index is 13.6. The van der Waals surface area contributed by atoms with E-state index in [1.807, 2.05) is 0 Å². The Morgan fingerprint density at radius 1 is 1.33 bits per heavy atom. The molecule has 1 aliphatic rings. The quantitative estimate of drug-likeness (QED) is 0.763. The molecule has 0 radical (unpaired) electrons. The summed E-state index contributed by atoms with van der Waals surface area (Å²) < 4.78 is 13.6. The first kappa shape index (κ1) is 12.8. The van der Waals surface area contributed by atoms with E-state index >= 15 is 0 Å². The van der Waals surface area contributed by atoms with Gasteiger partial charge in [0.2, 0.25) is 0 Å². The number of nitrogens with two attached hydrogens (primary N) is 2. The lowest BCUT2D eigenvalue weighted by molar-refractivity contribution is 0.0997. The Morgan fingerprint density at radius 3 is 2.72 bits per heavy atom. The molecular formula is C13H18FN3O. The Balaban J connectivity index is 2.23. The molecular weight excluding hydrogens is 233 g/mol. The molecule has 18 heavy (non-hydrogen) atoms. The number of benzene rings is 1. The van der Waals surface area contributed by atoms with Gasteiger partial charge < -0.3 is 16.8 Å². The summed E-state index contributed by atoms with van der Waals surface area (Å²) in [6, 6.07) is 4.54. The van der Waals surface area contributed by atoms with Crippen LogP contribution in [-0.4, -0.2) is 18.0 Å². The van der Waals surface area contributed by atoms with Crippen molar-refractivity contribution >= 4 is 11.6 Å². The topological polar surface area (TPSA) is 81.1 Å². The van der Waals surface area contributed by atoms with E-state index in [2.05, 4.69) is 5.32 Å². The van der Waals surface area contributed by atoms with Gasteiger partial charge in [-0.05, 0) is 25.0 Å². The van der Waals surface area contributed by atoms with Gasteiger partial charge in [-0.1, -0.05) is 18.9 Å². The van der Waals surface area contributed by atoms with Crippen molar-refractivity contribution < 1.29 is 9.18 Å². The molecule has 98 valence electrons. The van der Waals surface area contributed by atoms with Gasteiger partial charge in [0.15, 0.2) is 0 Å². The fourth-order valence-electron chi connectivity index (χ4n) is 2.43. The van der Waals surface area contributed by atoms with E-state index in [4.69, 9.17) is 11.5 Å². The van der Waals surface area contributed by atoms with E-state index in [0.29, 0.717) is 5.69 Å². The average Bonchev–Trinajstić information content (AvgIpc) is 2.31. The highest BCUT2D eigenvalue weighted by atomic mass is 19.1. The molecule has 1 aromatic rings. The normalized spacial score (nSPS) is 23.7. The SMILES string of the molecule is NC(=O)c1c(F)cccc1NC1CCCCC1N. The highest BCUT2D eigenvalue weighted by Gasteiger charge is 2.23. The van der Waals surface area contributed by atoms with Crippen molar-refractivity contribution in [2.75, 3.05) is 5.32 Å². The molecule has 5 N–H and O–H groups in total. The van der Waals surface area contributed by atoms with Gasteiger partial charge in [0.05, 0.1) is 11.3 Å². The van der Waals surface area contributed by atoms with Crippen molar-refractivity contribution in [3.05, 3.63) is 29.6 Å². The second kappa shape index (κ2) is 5.35. The second-order valence-electron chi connectivity index (χ2n) is 4.73. The Labute approximate surface area is 106 Å². The number of halogens is 1. The van der Waals surface area contributed by atoms with Gasteiger partial charge in [0.25, 0.3) is 5.91 Å². The van der Waals surface area contributed by atoms with Gasteiger partial charge in [-0.3, -0.25) is 4.79 Å². The number of nitrogens with one attached hydrogen (secondary N) is 1. The van der Waals surface area contributed by atoms with Crippen molar-refractivity contribution in [3.8, 4) is 0 Å². The Kier molecular flexibility index (Phi) is 3.81. The van der Waals surface area contributed by atoms with Crippen LogP contribution in [0.2, 0.25) is 0 Å². The zero-order valence-corrected chi connectivity index (χ0v) is 10.2. The first-order chi connectivity index (χ1) is 8.59. The third-order valence-corrected chi connectivity index (χ3v) is 3.42. The zero-order chi connectivity index (χ0) is 13.1. The summed E-state index contributed by atoms with van der Waals surface area (Å²) in [6.45, 7) is 0. The minimum absolute atomic E-state index is 0.0303. The number of amides is 1. The highest BCUT2D eigenvalue weighted by molar-refractivity contribution is 5.98. The summed E-state index contributed by atoms with van der Waals surface area (Å²) in [5.41, 5.74) is 11.6. The molecule has 0 saturated heterocycles. The van der Waals surface area contributed by atoms with Gasteiger partial charge in [-0.2, -0.15) is 0 Å². The van der Waals surface area contributed by atoms with Crippen molar-refractivity contribution in [1.29, 1.82) is 0 Å². The first-order valence-corrected chi connectivity index (χ1v) is 6.20. The van der Waals surface area contributed by atoms with Crippen molar-refractivity contribution in [1.82, 2.24) is 0 Å². The van der Waals surface area contributed by atoms with Crippen LogP contribution in [0.15, 0.2) is 18.2 Å². The predicted octanol–water partition coefficient (Wildman–Crippen LogP) is 1.61. The summed E-state index contributed by atoms with van der Waals surface area (Å²) in [4.78, 5) is 11.3. The molecule has 0 spiro atoms. The van der Waals surface area contributed by atoms with Crippen molar-refractivity contribution in [2.24, 2.45) is 11.5 Å². The van der Waals surface area contributed by atoms with Crippen LogP contribution in [0.4, 0.5) is 10.1 Å². The van der Waals surface area contributed by atoms with Gasteiger partial charge in [0, 0.05) is 12.1 Å². The molecule has 0 aromatic heterocycles. The van der Waals surface area contributed by atoms with Crippen LogP contribution in [0.1, 0.15) is 36.0 Å². The largest absolute Gasteiger partial charge is 0.380 e. The molecule has 1 amide bonds. The fourth-order valence-corrected chi connectivity index (χ4v) is 2.43. The molecule has 0 bridgehead atoms. The minimum atomic E-state index is -0.764. The van der Waals surface area contributed by atoms with E-state index in [-0.39, 0.29) is 17.6 Å². The lowest BCUT2D eigenvalue weighted by atomic mass is 9.90. The summed E-state index contributed by atoms with van der Waals surface area (Å²) in [7, 11) is 0. The number of primary amides is 1. The number of hydrogen-bond donors (Lipinski definition) is 3. The monoisotopic (exact) mass is 251 g/mol. The summed E-state index contributed by atoms with van der Waals surface area (Å²) in [5.74, 6) is -1.36. The molecule has 2 unspecified atom stereocenters. The summed E-state index contributed by atoms with van der Waals surface area (Å²) >= 11 is 0. The maximum absolute atomic E-state index is 13.6. The third-order valence-electron chi connectivity index (χ3n) is 3.42. The third kappa shape index (κ3) is 2.61. The molecule has 2 rings (SSSR count). The standard InChI is InChI=1S/C13H18FN3O/c14-8-4-3-7-11(12(8)13(16)18)17-10-6-2-1-5-9(10)15/h3-4,7,9-10,17H,1-2,5-6,15H2,(H2,16,18). The number of rotatable bonds is 3. The van der Waals surface area contributed by atoms with Crippen molar-refractivity contribution in [3.63, 3.8) is 0 Å². The number of carbonyl (C=O) groups excluding carboxylic acids is 1. The lowest BCUT2D eigenvalue weighted by Crippen LogP contribution is -2.43. The van der Waals surface area contributed by atoms with Gasteiger partial charge in [0.1, 0.15) is 5.82 Å². The summed E-state index contributed by atoms with van der Waals surface area (Å²) in [5, 5.41) is 3.16. The predicted molar refractivity (Wildman–Crippen MR) is 68.8 cm³/mol. The molecule has 0 heterocycles. The molecule has 1 aliphatic carbocycles. The highest BCUT2D eigenvalue weighted by Crippen LogP contribution is 2.24. The Hall–Kier alpha value is -1.62. The molecule has 5 heteroatoms. The van der Waals surface area contributed by atoms with E-state index in [1.165, 1.54) is 6.07 Å². The maximum Gasteiger partial charge on any atom is 0.253 e. The minimum Gasteiger partial charge on any atom is -0.380 e. The number of carbonyl (C=O) groups is 1. The first-order valence-electron chi connectivity index (χ1n) is 6.20. The van der Waals surface area contributed by atoms with Crippen LogP contribution in [0.3, 0.4) is 0 Å². The second-order valence-corrected chi connectivity index (χ2v) is 4.73. The van der Waals surface area contributed by atoms with Gasteiger partial charge in [-0.25, -0.2) is 4.39 Å². The molecule has 1 fully saturated rings. The molecule has 1 aromatic carbocycles. The smallest absolute Gasteiger partial charge is 0.253 e. The van der Waals surface area contributed by atoms with Crippen LogP contribution >= 0.6 is 0 Å². The van der Waals surface area contributed by atoms with Crippen LogP contribution in [-0.2, 0) is 0 Å². The number of hydrogen-bond acceptors (Lipinski definition) is 3. The van der Waals surface area contributed by atoms with Crippen LogP contribution in [0.25, 0.3) is 0 Å². The Bertz CT molecular complexity index is 450. The number of anilines is 1. The van der Waals surface area contributed by atoms with E-state index in [9.17, 15) is 9.18 Å². The molecule has 0 aliphatic heterocycles. The van der Waals surface area contributed by atoms with E-state index in [0.717, 1.165) is 25.7 Å². The van der Waals surface area contributed by atoms with Gasteiger partial charge >= 0.3 is 0 Å². The van der Waals surface area contributed by atoms with Crippen LogP contribution in [0, 0.1) is 5.82 Å². The Morgan fingerprint density at radius 2 is 2.06 bits per heavy atom. The average molecular weight is 251 g/mol. The molecule has 4 nitrogen and oxygen atoms in total. The van der Waals surface area contributed by atoms with Crippen molar-refractivity contribution in [2.45, 2.75) is 37.8 Å². The molecule has 1 saturated carbocycles. The van der Waals surface area contributed by atoms with Crippen LogP contribution < -0.4 is 16.8 Å². The van der Waals surface area contributed by atoms with E-state index < -0.39 is 11.7 Å². The van der Waals surface area contributed by atoms with Gasteiger partial charge in [-0.15, -0.1) is 0 Å².